The van der Waals surface area contributed by atoms with Crippen LogP contribution in [0.3, 0.4) is 0 Å². The maximum absolute atomic E-state index is 3.46. The lowest BCUT2D eigenvalue weighted by atomic mass is 9.74. The molecule has 0 aromatic carbocycles. The van der Waals surface area contributed by atoms with Gasteiger partial charge in [-0.15, -0.1) is 0 Å². The van der Waals surface area contributed by atoms with Gasteiger partial charge in [-0.3, -0.25) is 0 Å². The molecule has 1 nitrogen and oxygen atoms in total. The van der Waals surface area contributed by atoms with Crippen LogP contribution in [0.5, 0.6) is 0 Å². The highest BCUT2D eigenvalue weighted by Gasteiger charge is 2.32. The second-order valence-electron chi connectivity index (χ2n) is 5.76. The Hall–Kier alpha value is -0.0400. The fraction of sp³-hybridized carbons (Fsp3) is 1.00. The first-order valence-corrected chi connectivity index (χ1v) is 7.00. The highest BCUT2D eigenvalue weighted by molar-refractivity contribution is 4.86. The van der Waals surface area contributed by atoms with Crippen molar-refractivity contribution in [2.75, 3.05) is 7.05 Å². The first-order chi connectivity index (χ1) is 7.33. The molecule has 4 unspecified atom stereocenters. The molecule has 2 rings (SSSR count). The summed E-state index contributed by atoms with van der Waals surface area (Å²) in [5.74, 6) is 3.18. The van der Waals surface area contributed by atoms with Gasteiger partial charge in [0.1, 0.15) is 0 Å². The number of hydrogen-bond acceptors (Lipinski definition) is 1. The largest absolute Gasteiger partial charge is 0.317 e. The van der Waals surface area contributed by atoms with Gasteiger partial charge in [-0.05, 0) is 50.5 Å². The van der Waals surface area contributed by atoms with Gasteiger partial charge in [-0.25, -0.2) is 0 Å². The van der Waals surface area contributed by atoms with Crippen molar-refractivity contribution in [2.24, 2.45) is 17.8 Å². The van der Waals surface area contributed by atoms with E-state index < -0.39 is 0 Å². The van der Waals surface area contributed by atoms with Crippen molar-refractivity contribution in [1.82, 2.24) is 5.32 Å². The molecule has 1 N–H and O–H groups in total. The minimum absolute atomic E-state index is 0.831. The summed E-state index contributed by atoms with van der Waals surface area (Å²) < 4.78 is 0. The van der Waals surface area contributed by atoms with Crippen LogP contribution in [0.2, 0.25) is 0 Å². The van der Waals surface area contributed by atoms with Gasteiger partial charge in [0.15, 0.2) is 0 Å². The lowest BCUT2D eigenvalue weighted by Crippen LogP contribution is -2.25. The lowest BCUT2D eigenvalue weighted by Gasteiger charge is -2.32. The standard InChI is InChI=1S/C14H27N/c1-3-11-5-4-6-12(9-11)13-7-8-14(10-13)15-2/h11-15H,3-10H2,1-2H3. The van der Waals surface area contributed by atoms with Crippen molar-refractivity contribution in [3.8, 4) is 0 Å². The molecule has 0 aliphatic heterocycles. The Morgan fingerprint density at radius 1 is 1.00 bits per heavy atom. The molecule has 2 saturated carbocycles. The molecule has 88 valence electrons. The number of hydrogen-bond donors (Lipinski definition) is 1. The second kappa shape index (κ2) is 5.34. The smallest absolute Gasteiger partial charge is 0.00669 e. The zero-order valence-electron chi connectivity index (χ0n) is 10.5. The summed E-state index contributed by atoms with van der Waals surface area (Å²) in [6.07, 6.45) is 11.9. The molecule has 0 heterocycles. The quantitative estimate of drug-likeness (QED) is 0.749. The maximum atomic E-state index is 3.46. The molecule has 0 aromatic heterocycles. The van der Waals surface area contributed by atoms with Gasteiger partial charge >= 0.3 is 0 Å². The first-order valence-electron chi connectivity index (χ1n) is 7.00. The van der Waals surface area contributed by atoms with E-state index >= 15 is 0 Å². The average molecular weight is 209 g/mol. The topological polar surface area (TPSA) is 12.0 Å². The number of rotatable bonds is 3. The van der Waals surface area contributed by atoms with E-state index in [2.05, 4.69) is 19.3 Å². The van der Waals surface area contributed by atoms with E-state index in [4.69, 9.17) is 0 Å². The molecule has 0 amide bonds. The molecule has 2 aliphatic carbocycles. The maximum Gasteiger partial charge on any atom is 0.00669 e. The summed E-state index contributed by atoms with van der Waals surface area (Å²) >= 11 is 0. The van der Waals surface area contributed by atoms with Crippen molar-refractivity contribution in [2.45, 2.75) is 64.3 Å². The van der Waals surface area contributed by atoms with Crippen molar-refractivity contribution in [3.63, 3.8) is 0 Å². The molecule has 2 fully saturated rings. The van der Waals surface area contributed by atoms with Crippen LogP contribution >= 0.6 is 0 Å². The highest BCUT2D eigenvalue weighted by Crippen LogP contribution is 2.41. The van der Waals surface area contributed by atoms with E-state index in [1.807, 2.05) is 0 Å². The van der Waals surface area contributed by atoms with E-state index in [9.17, 15) is 0 Å². The monoisotopic (exact) mass is 209 g/mol. The zero-order chi connectivity index (χ0) is 10.7. The predicted octanol–water partition coefficient (Wildman–Crippen LogP) is 3.59. The van der Waals surface area contributed by atoms with Gasteiger partial charge in [-0.2, -0.15) is 0 Å². The molecule has 4 atom stereocenters. The average Bonchev–Trinajstić information content (AvgIpc) is 2.78. The Balaban J connectivity index is 1.83. The molecule has 0 spiro atoms. The fourth-order valence-electron chi connectivity index (χ4n) is 3.84. The predicted molar refractivity (Wildman–Crippen MR) is 65.9 cm³/mol. The van der Waals surface area contributed by atoms with Gasteiger partial charge in [0.2, 0.25) is 0 Å². The van der Waals surface area contributed by atoms with Crippen molar-refractivity contribution < 1.29 is 0 Å². The normalized spacial score (nSPS) is 42.0. The van der Waals surface area contributed by atoms with E-state index in [0.717, 1.165) is 23.8 Å². The van der Waals surface area contributed by atoms with Crippen LogP contribution in [0.1, 0.15) is 58.3 Å². The van der Waals surface area contributed by atoms with Gasteiger partial charge in [0.05, 0.1) is 0 Å². The van der Waals surface area contributed by atoms with E-state index in [-0.39, 0.29) is 0 Å². The lowest BCUT2D eigenvalue weighted by molar-refractivity contribution is 0.191. The van der Waals surface area contributed by atoms with E-state index in [1.165, 1.54) is 51.4 Å². The third kappa shape index (κ3) is 2.75. The summed E-state index contributed by atoms with van der Waals surface area (Å²) in [7, 11) is 2.13. The van der Waals surface area contributed by atoms with E-state index in [1.54, 1.807) is 0 Å². The molecular formula is C14H27N. The Morgan fingerprint density at radius 3 is 2.47 bits per heavy atom. The Bertz CT molecular complexity index is 190. The summed E-state index contributed by atoms with van der Waals surface area (Å²) in [5, 5.41) is 3.46. The minimum atomic E-state index is 0.831. The molecule has 1 heteroatoms. The van der Waals surface area contributed by atoms with Gasteiger partial charge < -0.3 is 5.32 Å². The van der Waals surface area contributed by atoms with Crippen LogP contribution < -0.4 is 5.32 Å². The third-order valence-electron chi connectivity index (χ3n) is 4.95. The minimum Gasteiger partial charge on any atom is -0.317 e. The third-order valence-corrected chi connectivity index (χ3v) is 4.95. The molecule has 2 aliphatic rings. The summed E-state index contributed by atoms with van der Waals surface area (Å²) in [4.78, 5) is 0. The van der Waals surface area contributed by atoms with Crippen LogP contribution in [0.25, 0.3) is 0 Å². The van der Waals surface area contributed by atoms with Crippen LogP contribution in [-0.4, -0.2) is 13.1 Å². The van der Waals surface area contributed by atoms with Gasteiger partial charge in [0, 0.05) is 6.04 Å². The van der Waals surface area contributed by atoms with Crippen LogP contribution in [0.4, 0.5) is 0 Å². The van der Waals surface area contributed by atoms with Gasteiger partial charge in [0.25, 0.3) is 0 Å². The first kappa shape index (κ1) is 11.4. The zero-order valence-corrected chi connectivity index (χ0v) is 10.5. The summed E-state index contributed by atoms with van der Waals surface area (Å²) in [6, 6.07) is 0.831. The Morgan fingerprint density at radius 2 is 1.80 bits per heavy atom. The molecule has 0 aromatic rings. The molecule has 0 bridgehead atoms. The Labute approximate surface area is 95.0 Å². The summed E-state index contributed by atoms with van der Waals surface area (Å²) in [6.45, 7) is 2.37. The molecule has 0 radical (unpaired) electrons. The Kier molecular flexibility index (Phi) is 4.07. The second-order valence-corrected chi connectivity index (χ2v) is 5.76. The van der Waals surface area contributed by atoms with Crippen LogP contribution in [0.15, 0.2) is 0 Å². The summed E-state index contributed by atoms with van der Waals surface area (Å²) in [5.41, 5.74) is 0. The highest BCUT2D eigenvalue weighted by atomic mass is 14.9. The van der Waals surface area contributed by atoms with E-state index in [0.29, 0.717) is 0 Å². The SMILES string of the molecule is CCC1CCCC(C2CCC(NC)C2)C1. The van der Waals surface area contributed by atoms with Crippen molar-refractivity contribution in [3.05, 3.63) is 0 Å². The van der Waals surface area contributed by atoms with Crippen LogP contribution in [0, 0.1) is 17.8 Å². The van der Waals surface area contributed by atoms with Gasteiger partial charge in [-0.1, -0.05) is 32.6 Å². The number of nitrogens with one attached hydrogen (secondary N) is 1. The molecule has 0 saturated heterocycles. The molecule has 15 heavy (non-hydrogen) atoms. The fourth-order valence-corrected chi connectivity index (χ4v) is 3.84. The van der Waals surface area contributed by atoms with Crippen molar-refractivity contribution in [1.29, 1.82) is 0 Å². The van der Waals surface area contributed by atoms with Crippen molar-refractivity contribution >= 4 is 0 Å². The van der Waals surface area contributed by atoms with Crippen LogP contribution in [-0.2, 0) is 0 Å². The molecular weight excluding hydrogens is 182 g/mol.